The molecule has 0 aliphatic carbocycles. The highest BCUT2D eigenvalue weighted by molar-refractivity contribution is 5.76. The molecule has 0 spiro atoms. The van der Waals surface area contributed by atoms with Crippen LogP contribution in [0.3, 0.4) is 0 Å². The van der Waals surface area contributed by atoms with Gasteiger partial charge in [0.15, 0.2) is 0 Å². The first kappa shape index (κ1) is 20.6. The Bertz CT molecular complexity index is 743. The van der Waals surface area contributed by atoms with Crippen LogP contribution in [0.25, 0.3) is 11.1 Å². The summed E-state index contributed by atoms with van der Waals surface area (Å²) >= 11 is 0. The molecule has 2 aromatic carbocycles. The van der Waals surface area contributed by atoms with Gasteiger partial charge in [-0.2, -0.15) is 0 Å². The number of nitrogens with zero attached hydrogens (tertiary/aromatic N) is 2. The molecule has 0 unspecified atom stereocenters. The second-order valence-corrected chi connectivity index (χ2v) is 8.27. The minimum absolute atomic E-state index is 0.161. The predicted octanol–water partition coefficient (Wildman–Crippen LogP) is 3.30. The maximum Gasteiger partial charge on any atom is 0.222 e. The van der Waals surface area contributed by atoms with Crippen LogP contribution in [-0.2, 0) is 11.2 Å². The summed E-state index contributed by atoms with van der Waals surface area (Å²) < 4.78 is 0. The monoisotopic (exact) mass is 380 g/mol. The number of piperidine rings is 1. The third-order valence-corrected chi connectivity index (χ3v) is 5.55. The van der Waals surface area contributed by atoms with Crippen LogP contribution >= 0.6 is 0 Å². The van der Waals surface area contributed by atoms with Crippen LogP contribution in [-0.4, -0.2) is 61.2 Å². The second-order valence-electron chi connectivity index (χ2n) is 8.27. The Hall–Kier alpha value is -2.17. The van der Waals surface area contributed by atoms with Gasteiger partial charge in [0.2, 0.25) is 5.91 Å². The highest BCUT2D eigenvalue weighted by Gasteiger charge is 2.29. The van der Waals surface area contributed by atoms with Gasteiger partial charge >= 0.3 is 0 Å². The Morgan fingerprint density at radius 3 is 2.29 bits per heavy atom. The van der Waals surface area contributed by atoms with E-state index in [0.29, 0.717) is 18.9 Å². The molecule has 0 radical (unpaired) electrons. The Morgan fingerprint density at radius 2 is 1.64 bits per heavy atom. The lowest BCUT2D eigenvalue weighted by Crippen LogP contribution is -2.47. The van der Waals surface area contributed by atoms with Gasteiger partial charge in [0.05, 0.1) is 0 Å². The van der Waals surface area contributed by atoms with E-state index in [1.165, 1.54) is 16.7 Å². The van der Waals surface area contributed by atoms with Crippen LogP contribution in [0, 0.1) is 11.8 Å². The number of rotatable bonds is 7. The molecule has 1 N–H and O–H groups in total. The topological polar surface area (TPSA) is 43.8 Å². The zero-order valence-corrected chi connectivity index (χ0v) is 17.1. The van der Waals surface area contributed by atoms with Crippen molar-refractivity contribution in [2.75, 3.05) is 40.3 Å². The van der Waals surface area contributed by atoms with Gasteiger partial charge in [-0.1, -0.05) is 54.6 Å². The molecule has 1 amide bonds. The lowest BCUT2D eigenvalue weighted by atomic mass is 9.89. The molecule has 4 heteroatoms. The molecule has 1 fully saturated rings. The van der Waals surface area contributed by atoms with Crippen LogP contribution in [0.15, 0.2) is 54.6 Å². The average molecular weight is 381 g/mol. The summed E-state index contributed by atoms with van der Waals surface area (Å²) in [4.78, 5) is 16.9. The summed E-state index contributed by atoms with van der Waals surface area (Å²) in [6.07, 6.45) is 2.28. The van der Waals surface area contributed by atoms with E-state index < -0.39 is 0 Å². The second kappa shape index (κ2) is 9.85. The Morgan fingerprint density at radius 1 is 1.00 bits per heavy atom. The number of hydrogen-bond acceptors (Lipinski definition) is 3. The minimum atomic E-state index is 0.161. The molecule has 0 bridgehead atoms. The van der Waals surface area contributed by atoms with Crippen LogP contribution in [0.4, 0.5) is 0 Å². The molecule has 2 atom stereocenters. The summed E-state index contributed by atoms with van der Waals surface area (Å²) in [7, 11) is 4.13. The van der Waals surface area contributed by atoms with Crippen molar-refractivity contribution in [1.29, 1.82) is 0 Å². The average Bonchev–Trinajstić information content (AvgIpc) is 2.72. The van der Waals surface area contributed by atoms with E-state index in [1.54, 1.807) is 0 Å². The molecule has 150 valence electrons. The molecule has 0 saturated carbocycles. The number of aryl methyl sites for hydroxylation is 1. The third kappa shape index (κ3) is 5.66. The molecule has 0 aromatic heterocycles. The van der Waals surface area contributed by atoms with E-state index in [2.05, 4.69) is 55.4 Å². The van der Waals surface area contributed by atoms with Crippen molar-refractivity contribution in [1.82, 2.24) is 9.80 Å². The molecule has 1 saturated heterocycles. The fourth-order valence-electron chi connectivity index (χ4n) is 4.21. The number of hydrogen-bond donors (Lipinski definition) is 1. The zero-order valence-electron chi connectivity index (χ0n) is 17.1. The molecule has 1 aliphatic heterocycles. The highest BCUT2D eigenvalue weighted by atomic mass is 16.3. The maximum atomic E-state index is 12.8. The minimum Gasteiger partial charge on any atom is -0.396 e. The standard InChI is InChI=1S/C24H32N2O2/c1-25(2)15-20-14-21(18-27)17-26(16-20)24(28)13-10-19-8-11-23(12-9-19)22-6-4-3-5-7-22/h3-9,11-12,20-21,27H,10,13-18H2,1-2H3/t20-,21+/m1/s1. The number of benzene rings is 2. The van der Waals surface area contributed by atoms with Crippen LogP contribution in [0.5, 0.6) is 0 Å². The molecular formula is C24H32N2O2. The Kier molecular flexibility index (Phi) is 7.24. The van der Waals surface area contributed by atoms with E-state index in [1.807, 2.05) is 23.1 Å². The summed E-state index contributed by atoms with van der Waals surface area (Å²) in [5, 5.41) is 9.62. The van der Waals surface area contributed by atoms with Crippen molar-refractivity contribution < 1.29 is 9.90 Å². The normalized spacial score (nSPS) is 19.8. The molecule has 2 aromatic rings. The summed E-state index contributed by atoms with van der Waals surface area (Å²) in [6, 6.07) is 18.8. The first-order chi connectivity index (χ1) is 13.5. The van der Waals surface area contributed by atoms with E-state index in [9.17, 15) is 9.90 Å². The van der Waals surface area contributed by atoms with Gasteiger partial charge in [0, 0.05) is 32.7 Å². The molecular weight excluding hydrogens is 348 g/mol. The summed E-state index contributed by atoms with van der Waals surface area (Å²) in [6.45, 7) is 2.61. The van der Waals surface area contributed by atoms with Crippen molar-refractivity contribution in [3.63, 3.8) is 0 Å². The van der Waals surface area contributed by atoms with Gasteiger partial charge in [-0.3, -0.25) is 4.79 Å². The molecule has 4 nitrogen and oxygen atoms in total. The fraction of sp³-hybridized carbons (Fsp3) is 0.458. The van der Waals surface area contributed by atoms with E-state index in [4.69, 9.17) is 0 Å². The lowest BCUT2D eigenvalue weighted by Gasteiger charge is -2.38. The molecule has 3 rings (SSSR count). The predicted molar refractivity (Wildman–Crippen MR) is 114 cm³/mol. The molecule has 1 aliphatic rings. The number of likely N-dealkylation sites (tertiary alicyclic amines) is 1. The zero-order chi connectivity index (χ0) is 19.9. The Balaban J connectivity index is 1.55. The van der Waals surface area contributed by atoms with Crippen molar-refractivity contribution in [2.45, 2.75) is 19.3 Å². The first-order valence-corrected chi connectivity index (χ1v) is 10.2. The number of amides is 1. The van der Waals surface area contributed by atoms with E-state index in [0.717, 1.165) is 25.9 Å². The fourth-order valence-corrected chi connectivity index (χ4v) is 4.21. The summed E-state index contributed by atoms with van der Waals surface area (Å²) in [5.41, 5.74) is 3.60. The van der Waals surface area contributed by atoms with Gasteiger partial charge in [-0.15, -0.1) is 0 Å². The molecule has 28 heavy (non-hydrogen) atoms. The van der Waals surface area contributed by atoms with Gasteiger partial charge in [-0.05, 0) is 55.5 Å². The van der Waals surface area contributed by atoms with E-state index >= 15 is 0 Å². The lowest BCUT2D eigenvalue weighted by molar-refractivity contribution is -0.134. The van der Waals surface area contributed by atoms with Crippen molar-refractivity contribution in [2.24, 2.45) is 11.8 Å². The number of aliphatic hydroxyl groups excluding tert-OH is 1. The van der Waals surface area contributed by atoms with Gasteiger partial charge < -0.3 is 14.9 Å². The van der Waals surface area contributed by atoms with Crippen LogP contribution in [0.1, 0.15) is 18.4 Å². The Labute approximate surface area is 168 Å². The number of carbonyl (C=O) groups is 1. The number of carbonyl (C=O) groups excluding carboxylic acids is 1. The van der Waals surface area contributed by atoms with E-state index in [-0.39, 0.29) is 18.4 Å². The molecule has 1 heterocycles. The SMILES string of the molecule is CN(C)C[C@H]1C[C@H](CO)CN(C(=O)CCc2ccc(-c3ccccc3)cc2)C1. The first-order valence-electron chi connectivity index (χ1n) is 10.2. The van der Waals surface area contributed by atoms with Crippen molar-refractivity contribution >= 4 is 5.91 Å². The number of aliphatic hydroxyl groups is 1. The maximum absolute atomic E-state index is 12.8. The van der Waals surface area contributed by atoms with Gasteiger partial charge in [0.25, 0.3) is 0 Å². The largest absolute Gasteiger partial charge is 0.396 e. The van der Waals surface area contributed by atoms with Crippen molar-refractivity contribution in [3.05, 3.63) is 60.2 Å². The smallest absolute Gasteiger partial charge is 0.222 e. The van der Waals surface area contributed by atoms with Crippen LogP contribution < -0.4 is 0 Å². The van der Waals surface area contributed by atoms with Crippen molar-refractivity contribution in [3.8, 4) is 11.1 Å². The third-order valence-electron chi connectivity index (χ3n) is 5.55. The summed E-state index contributed by atoms with van der Waals surface area (Å²) in [5.74, 6) is 0.844. The highest BCUT2D eigenvalue weighted by Crippen LogP contribution is 2.24. The quantitative estimate of drug-likeness (QED) is 0.801. The van der Waals surface area contributed by atoms with Gasteiger partial charge in [0.1, 0.15) is 0 Å². The van der Waals surface area contributed by atoms with Gasteiger partial charge in [-0.25, -0.2) is 0 Å². The van der Waals surface area contributed by atoms with Crippen LogP contribution in [0.2, 0.25) is 0 Å².